The van der Waals surface area contributed by atoms with Crippen molar-refractivity contribution in [3.63, 3.8) is 0 Å². The summed E-state index contributed by atoms with van der Waals surface area (Å²) in [5, 5.41) is 16.7. The predicted octanol–water partition coefficient (Wildman–Crippen LogP) is 1.80. The molecule has 0 saturated carbocycles. The van der Waals surface area contributed by atoms with Crippen molar-refractivity contribution in [2.75, 3.05) is 39.8 Å². The molecule has 2 rings (SSSR count). The van der Waals surface area contributed by atoms with Gasteiger partial charge in [0.2, 0.25) is 0 Å². The molecular formula is C16H21ClN4O3. The normalized spacial score (nSPS) is 17.0. The zero-order valence-electron chi connectivity index (χ0n) is 13.8. The molecule has 1 aromatic rings. The van der Waals surface area contributed by atoms with Gasteiger partial charge in [-0.25, -0.2) is 9.78 Å². The minimum atomic E-state index is -0.659. The van der Waals surface area contributed by atoms with Crippen molar-refractivity contribution in [2.24, 2.45) is 5.10 Å². The Balaban J connectivity index is 2.29. The number of nitrogens with zero attached hydrogens (tertiary/aromatic N) is 4. The average Bonchev–Trinajstić information content (AvgIpc) is 2.57. The van der Waals surface area contributed by atoms with Crippen LogP contribution in [0.25, 0.3) is 5.76 Å². The van der Waals surface area contributed by atoms with Gasteiger partial charge in [-0.2, -0.15) is 5.10 Å². The Morgan fingerprint density at radius 2 is 2.17 bits per heavy atom. The van der Waals surface area contributed by atoms with Crippen LogP contribution in [0.2, 0.25) is 5.15 Å². The number of pyridine rings is 1. The quantitative estimate of drug-likeness (QED) is 0.286. The van der Waals surface area contributed by atoms with Crippen molar-refractivity contribution in [3.05, 3.63) is 34.6 Å². The Hall–Kier alpha value is -2.12. The minimum Gasteiger partial charge on any atom is -0.506 e. The molecule has 1 aliphatic rings. The summed E-state index contributed by atoms with van der Waals surface area (Å²) in [6.45, 7) is 5.15. The minimum absolute atomic E-state index is 0.0503. The van der Waals surface area contributed by atoms with Gasteiger partial charge in [0.05, 0.1) is 18.4 Å². The third kappa shape index (κ3) is 4.69. The van der Waals surface area contributed by atoms with E-state index in [0.717, 1.165) is 26.2 Å². The first kappa shape index (κ1) is 18.2. The maximum absolute atomic E-state index is 12.2. The molecular weight excluding hydrogens is 332 g/mol. The lowest BCUT2D eigenvalue weighted by molar-refractivity contribution is -0.137. The molecule has 1 saturated heterocycles. The van der Waals surface area contributed by atoms with Gasteiger partial charge in [0.25, 0.3) is 0 Å². The summed E-state index contributed by atoms with van der Waals surface area (Å²) in [6.07, 6.45) is 2.82. The molecule has 0 amide bonds. The SMILES string of the molecule is CCOC(=O)C(C=NN1CCN(C)CC1)=C(O)c1cccnc1Cl. The van der Waals surface area contributed by atoms with E-state index in [-0.39, 0.29) is 28.7 Å². The van der Waals surface area contributed by atoms with Crippen LogP contribution < -0.4 is 0 Å². The molecule has 8 heteroatoms. The number of ether oxygens (including phenoxy) is 1. The monoisotopic (exact) mass is 352 g/mol. The van der Waals surface area contributed by atoms with Crippen LogP contribution in [0.1, 0.15) is 12.5 Å². The molecule has 2 heterocycles. The standard InChI is InChI=1S/C16H21ClN4O3/c1-3-24-16(23)13(11-19-21-9-7-20(2)8-10-21)14(22)12-5-4-6-18-15(12)17/h4-6,11,22H,3,7-10H2,1-2H3. The Bertz CT molecular complexity index is 640. The number of esters is 1. The van der Waals surface area contributed by atoms with E-state index in [9.17, 15) is 9.90 Å². The van der Waals surface area contributed by atoms with Gasteiger partial charge in [-0.15, -0.1) is 0 Å². The Kier molecular flexibility index (Phi) is 6.57. The van der Waals surface area contributed by atoms with Gasteiger partial charge in [0.15, 0.2) is 0 Å². The molecule has 0 aliphatic carbocycles. The molecule has 130 valence electrons. The highest BCUT2D eigenvalue weighted by Gasteiger charge is 2.19. The van der Waals surface area contributed by atoms with E-state index in [1.54, 1.807) is 19.1 Å². The van der Waals surface area contributed by atoms with Crippen molar-refractivity contribution >= 4 is 29.5 Å². The van der Waals surface area contributed by atoms with Gasteiger partial charge in [-0.3, -0.25) is 5.01 Å². The average molecular weight is 353 g/mol. The summed E-state index contributed by atoms with van der Waals surface area (Å²) in [4.78, 5) is 18.3. The summed E-state index contributed by atoms with van der Waals surface area (Å²) in [5.41, 5.74) is 0.206. The molecule has 0 radical (unpaired) electrons. The zero-order valence-corrected chi connectivity index (χ0v) is 14.5. The summed E-state index contributed by atoms with van der Waals surface area (Å²) in [5.74, 6) is -0.961. The molecule has 1 aromatic heterocycles. The number of rotatable bonds is 5. The lowest BCUT2D eigenvalue weighted by Crippen LogP contribution is -2.41. The molecule has 7 nitrogen and oxygen atoms in total. The molecule has 0 aromatic carbocycles. The first-order chi connectivity index (χ1) is 11.5. The van der Waals surface area contributed by atoms with E-state index >= 15 is 0 Å². The molecule has 1 fully saturated rings. The van der Waals surface area contributed by atoms with E-state index in [4.69, 9.17) is 16.3 Å². The first-order valence-electron chi connectivity index (χ1n) is 7.71. The number of hydrazone groups is 1. The number of aliphatic hydroxyl groups excluding tert-OH is 1. The molecule has 1 aliphatic heterocycles. The molecule has 0 bridgehead atoms. The number of piperazine rings is 1. The fraction of sp³-hybridized carbons (Fsp3) is 0.438. The number of likely N-dealkylation sites (N-methyl/N-ethyl adjacent to an activating group) is 1. The largest absolute Gasteiger partial charge is 0.506 e. The highest BCUT2D eigenvalue weighted by molar-refractivity contribution is 6.31. The van der Waals surface area contributed by atoms with Crippen LogP contribution in [-0.2, 0) is 9.53 Å². The highest BCUT2D eigenvalue weighted by Crippen LogP contribution is 2.22. The third-order valence-corrected chi connectivity index (χ3v) is 3.90. The second kappa shape index (κ2) is 8.65. The lowest BCUT2D eigenvalue weighted by atomic mass is 10.1. The van der Waals surface area contributed by atoms with Crippen molar-refractivity contribution < 1.29 is 14.6 Å². The summed E-state index contributed by atoms with van der Waals surface area (Å²) in [6, 6.07) is 3.20. The summed E-state index contributed by atoms with van der Waals surface area (Å²) >= 11 is 5.99. The fourth-order valence-corrected chi connectivity index (χ4v) is 2.39. The molecule has 0 unspecified atom stereocenters. The number of aromatic nitrogens is 1. The van der Waals surface area contributed by atoms with Gasteiger partial charge in [-0.05, 0) is 26.1 Å². The summed E-state index contributed by atoms with van der Waals surface area (Å²) in [7, 11) is 2.04. The maximum atomic E-state index is 12.2. The smallest absolute Gasteiger partial charge is 0.343 e. The molecule has 24 heavy (non-hydrogen) atoms. The van der Waals surface area contributed by atoms with Gasteiger partial charge >= 0.3 is 5.97 Å². The molecule has 0 atom stereocenters. The van der Waals surface area contributed by atoms with Crippen LogP contribution >= 0.6 is 11.6 Å². The van der Waals surface area contributed by atoms with E-state index < -0.39 is 5.97 Å². The zero-order chi connectivity index (χ0) is 17.5. The number of aliphatic hydroxyl groups is 1. The van der Waals surface area contributed by atoms with E-state index in [2.05, 4.69) is 15.0 Å². The van der Waals surface area contributed by atoms with Crippen molar-refractivity contribution in [2.45, 2.75) is 6.92 Å². The van der Waals surface area contributed by atoms with E-state index in [1.807, 2.05) is 12.1 Å². The van der Waals surface area contributed by atoms with Gasteiger partial charge in [0, 0.05) is 32.4 Å². The van der Waals surface area contributed by atoms with Crippen molar-refractivity contribution in [1.29, 1.82) is 0 Å². The fourth-order valence-electron chi connectivity index (χ4n) is 2.18. The van der Waals surface area contributed by atoms with Gasteiger partial charge < -0.3 is 14.7 Å². The van der Waals surface area contributed by atoms with Crippen LogP contribution in [0.5, 0.6) is 0 Å². The predicted molar refractivity (Wildman–Crippen MR) is 93.0 cm³/mol. The number of carbonyl (C=O) groups is 1. The van der Waals surface area contributed by atoms with Crippen LogP contribution in [0, 0.1) is 0 Å². The van der Waals surface area contributed by atoms with Crippen LogP contribution in [0.3, 0.4) is 0 Å². The lowest BCUT2D eigenvalue weighted by Gasteiger charge is -2.30. The highest BCUT2D eigenvalue weighted by atomic mass is 35.5. The van der Waals surface area contributed by atoms with E-state index in [1.165, 1.54) is 12.4 Å². The van der Waals surface area contributed by atoms with E-state index in [0.29, 0.717) is 0 Å². The summed E-state index contributed by atoms with van der Waals surface area (Å²) < 4.78 is 5.01. The van der Waals surface area contributed by atoms with Crippen LogP contribution in [-0.4, -0.2) is 72.0 Å². The van der Waals surface area contributed by atoms with Crippen LogP contribution in [0.15, 0.2) is 29.0 Å². The Morgan fingerprint density at radius 3 is 2.79 bits per heavy atom. The molecule has 0 spiro atoms. The second-order valence-corrected chi connectivity index (χ2v) is 5.68. The van der Waals surface area contributed by atoms with Gasteiger partial charge in [0.1, 0.15) is 16.5 Å². The van der Waals surface area contributed by atoms with Gasteiger partial charge in [-0.1, -0.05) is 11.6 Å². The topological polar surface area (TPSA) is 78.3 Å². The van der Waals surface area contributed by atoms with Crippen molar-refractivity contribution in [3.8, 4) is 0 Å². The number of hydrogen-bond donors (Lipinski definition) is 1. The third-order valence-electron chi connectivity index (χ3n) is 3.59. The van der Waals surface area contributed by atoms with Crippen molar-refractivity contribution in [1.82, 2.24) is 14.9 Å². The Labute approximate surface area is 146 Å². The second-order valence-electron chi connectivity index (χ2n) is 5.33. The first-order valence-corrected chi connectivity index (χ1v) is 8.09. The number of carbonyl (C=O) groups excluding carboxylic acids is 1. The number of halogens is 1. The Morgan fingerprint density at radius 1 is 1.46 bits per heavy atom. The molecule has 1 N–H and O–H groups in total. The van der Waals surface area contributed by atoms with Crippen LogP contribution in [0.4, 0.5) is 0 Å². The maximum Gasteiger partial charge on any atom is 0.343 e. The number of hydrogen-bond acceptors (Lipinski definition) is 7.